The van der Waals surface area contributed by atoms with Gasteiger partial charge in [0, 0.05) is 40.4 Å². The lowest BCUT2D eigenvalue weighted by molar-refractivity contribution is 0.100. The molecular weight excluding hydrogens is 458 g/mol. The molecule has 0 radical (unpaired) electrons. The molecule has 0 saturated carbocycles. The number of rotatable bonds is 3. The third-order valence-corrected chi connectivity index (χ3v) is 6.94. The zero-order valence-corrected chi connectivity index (χ0v) is 19.9. The molecule has 35 heavy (non-hydrogen) atoms. The maximum absolute atomic E-state index is 13.0. The van der Waals surface area contributed by atoms with E-state index in [-0.39, 0.29) is 5.91 Å². The number of halogens is 1. The Bertz CT molecular complexity index is 1420. The summed E-state index contributed by atoms with van der Waals surface area (Å²) < 4.78 is 2.26. The lowest BCUT2D eigenvalue weighted by Crippen LogP contribution is -2.25. The van der Waals surface area contributed by atoms with Crippen molar-refractivity contribution in [2.45, 2.75) is 38.8 Å². The SMILES string of the molecule is O=C(N=C1c2ccccc2CN1c1ccc(-c2nnc3n2CCCCC3)cc1)c1ccc(Cl)cc1. The molecule has 0 fully saturated rings. The maximum atomic E-state index is 13.0. The number of hydrogen-bond donors (Lipinski definition) is 0. The first kappa shape index (κ1) is 21.7. The van der Waals surface area contributed by atoms with Crippen LogP contribution in [0.25, 0.3) is 11.4 Å². The summed E-state index contributed by atoms with van der Waals surface area (Å²) in [6, 6.07) is 23.2. The number of carbonyl (C=O) groups is 1. The predicted octanol–water partition coefficient (Wildman–Crippen LogP) is 5.93. The van der Waals surface area contributed by atoms with Gasteiger partial charge in [0.2, 0.25) is 0 Å². The van der Waals surface area contributed by atoms with Crippen LogP contribution in [0.1, 0.15) is 46.6 Å². The molecule has 6 rings (SSSR count). The maximum Gasteiger partial charge on any atom is 0.278 e. The Balaban J connectivity index is 1.34. The average molecular weight is 482 g/mol. The van der Waals surface area contributed by atoms with Gasteiger partial charge in [-0.05, 0) is 66.9 Å². The van der Waals surface area contributed by atoms with Gasteiger partial charge in [0.15, 0.2) is 5.82 Å². The van der Waals surface area contributed by atoms with Crippen LogP contribution in [-0.4, -0.2) is 26.5 Å². The number of benzene rings is 3. The zero-order valence-electron chi connectivity index (χ0n) is 19.2. The third kappa shape index (κ3) is 4.15. The van der Waals surface area contributed by atoms with E-state index in [0.717, 1.165) is 53.4 Å². The van der Waals surface area contributed by atoms with Crippen molar-refractivity contribution < 1.29 is 4.79 Å². The smallest absolute Gasteiger partial charge is 0.278 e. The molecule has 3 aromatic carbocycles. The van der Waals surface area contributed by atoms with Crippen LogP contribution in [0.3, 0.4) is 0 Å². The van der Waals surface area contributed by atoms with Gasteiger partial charge in [-0.1, -0.05) is 42.3 Å². The van der Waals surface area contributed by atoms with E-state index >= 15 is 0 Å². The molecule has 0 spiro atoms. The summed E-state index contributed by atoms with van der Waals surface area (Å²) in [6.45, 7) is 1.62. The second-order valence-corrected chi connectivity index (χ2v) is 9.38. The minimum atomic E-state index is -0.291. The van der Waals surface area contributed by atoms with Crippen LogP contribution in [0.2, 0.25) is 5.02 Å². The predicted molar refractivity (Wildman–Crippen MR) is 138 cm³/mol. The number of aromatic nitrogens is 3. The number of anilines is 1. The van der Waals surface area contributed by atoms with E-state index in [0.29, 0.717) is 23.0 Å². The standard InChI is InChI=1S/C28H24ClN5O/c29-22-13-9-20(10-14-22)28(35)30-27-24-7-4-3-6-21(24)18-34(27)23-15-11-19(12-16-23)26-32-31-25-8-2-1-5-17-33(25)26/h3-4,6-7,9-16H,1-2,5,8,17-18H2. The fourth-order valence-corrected chi connectivity index (χ4v) is 4.97. The molecule has 7 heteroatoms. The van der Waals surface area contributed by atoms with Crippen molar-refractivity contribution >= 4 is 29.0 Å². The molecule has 6 nitrogen and oxygen atoms in total. The van der Waals surface area contributed by atoms with Gasteiger partial charge in [-0.3, -0.25) is 4.79 Å². The number of aliphatic imine (C=N–C) groups is 1. The number of fused-ring (bicyclic) bond motifs is 2. The zero-order chi connectivity index (χ0) is 23.8. The monoisotopic (exact) mass is 481 g/mol. The molecule has 2 aliphatic heterocycles. The highest BCUT2D eigenvalue weighted by molar-refractivity contribution is 6.30. The van der Waals surface area contributed by atoms with Crippen LogP contribution in [-0.2, 0) is 19.5 Å². The van der Waals surface area contributed by atoms with Crippen molar-refractivity contribution in [3.63, 3.8) is 0 Å². The molecule has 0 saturated heterocycles. The molecule has 0 N–H and O–H groups in total. The molecule has 0 bridgehead atoms. The molecule has 3 heterocycles. The molecule has 1 aromatic heterocycles. The van der Waals surface area contributed by atoms with Crippen LogP contribution in [0.15, 0.2) is 77.8 Å². The first-order chi connectivity index (χ1) is 17.2. The number of nitrogens with zero attached hydrogens (tertiary/aromatic N) is 5. The Morgan fingerprint density at radius 3 is 2.51 bits per heavy atom. The fourth-order valence-electron chi connectivity index (χ4n) is 4.84. The van der Waals surface area contributed by atoms with Crippen molar-refractivity contribution in [3.8, 4) is 11.4 Å². The number of carbonyl (C=O) groups excluding carboxylic acids is 1. The van der Waals surface area contributed by atoms with Gasteiger partial charge < -0.3 is 9.47 Å². The van der Waals surface area contributed by atoms with Gasteiger partial charge in [-0.2, -0.15) is 4.99 Å². The van der Waals surface area contributed by atoms with Crippen molar-refractivity contribution in [2.24, 2.45) is 4.99 Å². The van der Waals surface area contributed by atoms with Gasteiger partial charge in [-0.15, -0.1) is 10.2 Å². The van der Waals surface area contributed by atoms with Gasteiger partial charge in [0.25, 0.3) is 5.91 Å². The molecule has 0 aliphatic carbocycles. The van der Waals surface area contributed by atoms with Gasteiger partial charge >= 0.3 is 0 Å². The van der Waals surface area contributed by atoms with Crippen molar-refractivity contribution in [1.29, 1.82) is 0 Å². The minimum Gasteiger partial charge on any atom is -0.321 e. The fraction of sp³-hybridized carbons (Fsp3) is 0.214. The van der Waals surface area contributed by atoms with Crippen LogP contribution >= 0.6 is 11.6 Å². The molecular formula is C28H24ClN5O. The summed E-state index contributed by atoms with van der Waals surface area (Å²) in [6.07, 6.45) is 4.54. The van der Waals surface area contributed by atoms with Gasteiger partial charge in [0.1, 0.15) is 11.7 Å². The Hall–Kier alpha value is -3.77. The molecule has 0 atom stereocenters. The average Bonchev–Trinajstić information content (AvgIpc) is 3.37. The van der Waals surface area contributed by atoms with Crippen molar-refractivity contribution in [1.82, 2.24) is 14.8 Å². The Morgan fingerprint density at radius 2 is 1.69 bits per heavy atom. The molecule has 2 aliphatic rings. The summed E-state index contributed by atoms with van der Waals surface area (Å²) in [5.41, 5.74) is 4.64. The van der Waals surface area contributed by atoms with E-state index in [9.17, 15) is 4.79 Å². The summed E-state index contributed by atoms with van der Waals surface area (Å²) >= 11 is 5.99. The number of amidine groups is 1. The highest BCUT2D eigenvalue weighted by Gasteiger charge is 2.27. The van der Waals surface area contributed by atoms with Crippen LogP contribution in [0, 0.1) is 0 Å². The van der Waals surface area contributed by atoms with Gasteiger partial charge in [0.05, 0.1) is 6.54 Å². The second kappa shape index (κ2) is 9.12. The molecule has 4 aromatic rings. The summed E-state index contributed by atoms with van der Waals surface area (Å²) in [4.78, 5) is 19.6. The number of aryl methyl sites for hydroxylation is 1. The Kier molecular flexibility index (Phi) is 5.66. The summed E-state index contributed by atoms with van der Waals surface area (Å²) in [5.74, 6) is 2.36. The van der Waals surface area contributed by atoms with E-state index in [2.05, 4.69) is 55.0 Å². The number of amides is 1. The van der Waals surface area contributed by atoms with Crippen LogP contribution < -0.4 is 4.90 Å². The minimum absolute atomic E-state index is 0.291. The molecule has 0 unspecified atom stereocenters. The molecule has 174 valence electrons. The van der Waals surface area contributed by atoms with Gasteiger partial charge in [-0.25, -0.2) is 0 Å². The summed E-state index contributed by atoms with van der Waals surface area (Å²) in [7, 11) is 0. The normalized spacial score (nSPS) is 16.1. The highest BCUT2D eigenvalue weighted by Crippen LogP contribution is 2.31. The van der Waals surface area contributed by atoms with E-state index in [1.807, 2.05) is 18.2 Å². The Labute approximate surface area is 208 Å². The van der Waals surface area contributed by atoms with E-state index < -0.39 is 0 Å². The van der Waals surface area contributed by atoms with Crippen molar-refractivity contribution in [3.05, 3.63) is 100 Å². The first-order valence-corrected chi connectivity index (χ1v) is 12.3. The Morgan fingerprint density at radius 1 is 0.886 bits per heavy atom. The third-order valence-electron chi connectivity index (χ3n) is 6.69. The largest absolute Gasteiger partial charge is 0.321 e. The van der Waals surface area contributed by atoms with Crippen LogP contribution in [0.4, 0.5) is 5.69 Å². The lowest BCUT2D eigenvalue weighted by Gasteiger charge is -2.19. The van der Waals surface area contributed by atoms with Crippen LogP contribution in [0.5, 0.6) is 0 Å². The quantitative estimate of drug-likeness (QED) is 0.363. The number of hydrogen-bond acceptors (Lipinski definition) is 3. The van der Waals surface area contributed by atoms with Crippen molar-refractivity contribution in [2.75, 3.05) is 4.90 Å². The van der Waals surface area contributed by atoms with E-state index in [4.69, 9.17) is 11.6 Å². The summed E-state index contributed by atoms with van der Waals surface area (Å²) in [5, 5.41) is 9.51. The van der Waals surface area contributed by atoms with E-state index in [1.54, 1.807) is 24.3 Å². The molecule has 1 amide bonds. The lowest BCUT2D eigenvalue weighted by atomic mass is 10.1. The first-order valence-electron chi connectivity index (χ1n) is 11.9. The highest BCUT2D eigenvalue weighted by atomic mass is 35.5. The van der Waals surface area contributed by atoms with E-state index in [1.165, 1.54) is 12.8 Å². The second-order valence-electron chi connectivity index (χ2n) is 8.94. The topological polar surface area (TPSA) is 63.4 Å².